The minimum atomic E-state index is -0.229. The van der Waals surface area contributed by atoms with Gasteiger partial charge in [-0.25, -0.2) is 0 Å². The number of Topliss-reactive ketones (excluding diaryl/α,β-unsaturated/α-hetero) is 1. The molecular weight excluding hydrogens is 320 g/mol. The van der Waals surface area contributed by atoms with Crippen molar-refractivity contribution in [2.75, 3.05) is 0 Å². The van der Waals surface area contributed by atoms with Crippen LogP contribution < -0.4 is 0 Å². The van der Waals surface area contributed by atoms with E-state index in [1.54, 1.807) is 0 Å². The van der Waals surface area contributed by atoms with E-state index in [2.05, 4.69) is 0 Å². The number of hydrogen-bond donors (Lipinski definition) is 1. The number of epoxide rings is 1. The van der Waals surface area contributed by atoms with Crippen LogP contribution in [0.25, 0.3) is 0 Å². The second kappa shape index (κ2) is 9.13. The summed E-state index contributed by atoms with van der Waals surface area (Å²) in [5, 5.41) is 9.45. The number of esters is 1. The molecule has 1 N–H and O–H groups in total. The number of aliphatic hydroxyl groups is 1. The number of fused-ring (bicyclic) bond motifs is 1. The summed E-state index contributed by atoms with van der Waals surface area (Å²) in [4.78, 5) is 23.8. The van der Waals surface area contributed by atoms with Crippen molar-refractivity contribution in [2.45, 2.75) is 108 Å². The van der Waals surface area contributed by atoms with Gasteiger partial charge in [-0.3, -0.25) is 9.59 Å². The van der Waals surface area contributed by atoms with Gasteiger partial charge in [-0.05, 0) is 70.1 Å². The van der Waals surface area contributed by atoms with E-state index in [0.29, 0.717) is 43.2 Å². The number of carbonyl (C=O) groups is 2. The second-order valence-electron chi connectivity index (χ2n) is 8.10. The molecule has 5 nitrogen and oxygen atoms in total. The quantitative estimate of drug-likeness (QED) is 0.391. The summed E-state index contributed by atoms with van der Waals surface area (Å²) in [6.07, 6.45) is 11.4. The molecule has 0 aromatic heterocycles. The lowest BCUT2D eigenvalue weighted by Gasteiger charge is -2.25. The Morgan fingerprint density at radius 1 is 0.920 bits per heavy atom. The van der Waals surface area contributed by atoms with Crippen LogP contribution in [0.5, 0.6) is 0 Å². The molecule has 2 aliphatic carbocycles. The lowest BCUT2D eigenvalue weighted by atomic mass is 9.85. The zero-order valence-electron chi connectivity index (χ0n) is 15.2. The van der Waals surface area contributed by atoms with E-state index in [0.717, 1.165) is 51.4 Å². The van der Waals surface area contributed by atoms with Crippen LogP contribution in [0.15, 0.2) is 0 Å². The second-order valence-corrected chi connectivity index (χ2v) is 8.10. The molecule has 0 spiro atoms. The predicted octanol–water partition coefficient (Wildman–Crippen LogP) is 3.31. The van der Waals surface area contributed by atoms with Crippen molar-refractivity contribution in [3.8, 4) is 0 Å². The number of aliphatic hydroxyl groups excluding tert-OH is 1. The smallest absolute Gasteiger partial charge is 0.306 e. The van der Waals surface area contributed by atoms with E-state index in [1.807, 2.05) is 0 Å². The molecule has 0 radical (unpaired) electrons. The monoisotopic (exact) mass is 352 g/mol. The van der Waals surface area contributed by atoms with Crippen molar-refractivity contribution in [1.82, 2.24) is 0 Å². The largest absolute Gasteiger partial charge is 0.462 e. The van der Waals surface area contributed by atoms with Crippen molar-refractivity contribution >= 4 is 11.8 Å². The zero-order valence-corrected chi connectivity index (χ0v) is 15.2. The van der Waals surface area contributed by atoms with Crippen LogP contribution in [0.4, 0.5) is 0 Å². The Balaban J connectivity index is 1.18. The third kappa shape index (κ3) is 6.37. The van der Waals surface area contributed by atoms with E-state index in [4.69, 9.17) is 9.47 Å². The molecular formula is C20H32O5. The van der Waals surface area contributed by atoms with Crippen LogP contribution in [-0.4, -0.2) is 41.3 Å². The summed E-state index contributed by atoms with van der Waals surface area (Å²) in [6.45, 7) is 0. The molecule has 2 saturated carbocycles. The molecule has 3 atom stereocenters. The van der Waals surface area contributed by atoms with E-state index in [1.165, 1.54) is 12.8 Å². The first-order valence-corrected chi connectivity index (χ1v) is 10.1. The first-order chi connectivity index (χ1) is 12.1. The van der Waals surface area contributed by atoms with Gasteiger partial charge in [-0.1, -0.05) is 0 Å². The molecule has 25 heavy (non-hydrogen) atoms. The minimum Gasteiger partial charge on any atom is -0.462 e. The van der Waals surface area contributed by atoms with Crippen LogP contribution in [0.2, 0.25) is 0 Å². The first kappa shape index (κ1) is 18.8. The van der Waals surface area contributed by atoms with Crippen LogP contribution in [0, 0.1) is 5.92 Å². The zero-order chi connectivity index (χ0) is 17.6. The van der Waals surface area contributed by atoms with Gasteiger partial charge in [0.1, 0.15) is 11.9 Å². The Kier molecular flexibility index (Phi) is 6.88. The highest BCUT2D eigenvalue weighted by Gasteiger charge is 2.43. The highest BCUT2D eigenvalue weighted by atomic mass is 16.6. The third-order valence-electron chi connectivity index (χ3n) is 5.97. The van der Waals surface area contributed by atoms with E-state index in [9.17, 15) is 14.7 Å². The predicted molar refractivity (Wildman–Crippen MR) is 93.1 cm³/mol. The van der Waals surface area contributed by atoms with Crippen molar-refractivity contribution in [3.63, 3.8) is 0 Å². The van der Waals surface area contributed by atoms with Crippen LogP contribution in [0.3, 0.4) is 0 Å². The summed E-state index contributed by atoms with van der Waals surface area (Å²) in [5.41, 5.74) is 0. The summed E-state index contributed by atoms with van der Waals surface area (Å²) < 4.78 is 11.0. The van der Waals surface area contributed by atoms with Crippen molar-refractivity contribution in [3.05, 3.63) is 0 Å². The standard InChI is InChI=1S/C20H32O5/c21-15(7-5-14-6-12-18-19(13-14)25-18)3-1-2-4-20(23)24-17-10-8-16(22)9-11-17/h14,16-19,22H,1-13H2. The molecule has 1 aliphatic heterocycles. The van der Waals surface area contributed by atoms with Crippen LogP contribution >= 0.6 is 0 Å². The molecule has 142 valence electrons. The molecule has 1 heterocycles. The summed E-state index contributed by atoms with van der Waals surface area (Å²) in [5.74, 6) is 0.834. The molecule has 0 aromatic carbocycles. The lowest BCUT2D eigenvalue weighted by molar-refractivity contribution is -0.151. The topological polar surface area (TPSA) is 76.1 Å². The molecule has 0 aromatic rings. The van der Waals surface area contributed by atoms with Crippen molar-refractivity contribution in [2.24, 2.45) is 5.92 Å². The van der Waals surface area contributed by atoms with E-state index >= 15 is 0 Å². The van der Waals surface area contributed by atoms with Gasteiger partial charge in [0.15, 0.2) is 0 Å². The molecule has 3 rings (SSSR count). The van der Waals surface area contributed by atoms with Crippen molar-refractivity contribution in [1.29, 1.82) is 0 Å². The molecule has 1 saturated heterocycles. The Morgan fingerprint density at radius 2 is 1.68 bits per heavy atom. The SMILES string of the molecule is O=C(CCCCC(=O)OC1CCC(O)CC1)CCC1CCC2OC2C1. The van der Waals surface area contributed by atoms with Gasteiger partial charge in [-0.2, -0.15) is 0 Å². The maximum Gasteiger partial charge on any atom is 0.306 e. The fourth-order valence-corrected chi connectivity index (χ4v) is 4.24. The normalized spacial score (nSPS) is 34.2. The van der Waals surface area contributed by atoms with Gasteiger partial charge >= 0.3 is 5.97 Å². The highest BCUT2D eigenvalue weighted by molar-refractivity contribution is 5.78. The Morgan fingerprint density at radius 3 is 2.44 bits per heavy atom. The average Bonchev–Trinajstić information content (AvgIpc) is 3.38. The maximum atomic E-state index is 12.0. The van der Waals surface area contributed by atoms with Gasteiger partial charge in [0.05, 0.1) is 18.3 Å². The summed E-state index contributed by atoms with van der Waals surface area (Å²) >= 11 is 0. The molecule has 0 bridgehead atoms. The highest BCUT2D eigenvalue weighted by Crippen LogP contribution is 2.41. The van der Waals surface area contributed by atoms with E-state index < -0.39 is 0 Å². The Bertz CT molecular complexity index is 455. The lowest BCUT2D eigenvalue weighted by Crippen LogP contribution is -2.26. The Labute approximate surface area is 150 Å². The fourth-order valence-electron chi connectivity index (χ4n) is 4.24. The van der Waals surface area contributed by atoms with Crippen molar-refractivity contribution < 1.29 is 24.2 Å². The summed E-state index contributed by atoms with van der Waals surface area (Å²) in [6, 6.07) is 0. The van der Waals surface area contributed by atoms with Gasteiger partial charge in [0, 0.05) is 19.3 Å². The minimum absolute atomic E-state index is 0.0249. The van der Waals surface area contributed by atoms with Gasteiger partial charge < -0.3 is 14.6 Å². The molecule has 3 aliphatic rings. The molecule has 5 heteroatoms. The average molecular weight is 352 g/mol. The van der Waals surface area contributed by atoms with Crippen LogP contribution in [-0.2, 0) is 19.1 Å². The van der Waals surface area contributed by atoms with Gasteiger partial charge in [0.25, 0.3) is 0 Å². The number of carbonyl (C=O) groups excluding carboxylic acids is 2. The summed E-state index contributed by atoms with van der Waals surface area (Å²) in [7, 11) is 0. The van der Waals surface area contributed by atoms with Gasteiger partial charge in [0.2, 0.25) is 0 Å². The number of ketones is 1. The fraction of sp³-hybridized carbons (Fsp3) is 0.900. The number of hydrogen-bond acceptors (Lipinski definition) is 5. The first-order valence-electron chi connectivity index (χ1n) is 10.1. The van der Waals surface area contributed by atoms with E-state index in [-0.39, 0.29) is 18.2 Å². The van der Waals surface area contributed by atoms with Crippen LogP contribution in [0.1, 0.15) is 83.5 Å². The molecule has 3 fully saturated rings. The van der Waals surface area contributed by atoms with Gasteiger partial charge in [-0.15, -0.1) is 0 Å². The maximum absolute atomic E-state index is 12.0. The molecule has 0 amide bonds. The number of rotatable bonds is 9. The molecule has 3 unspecified atom stereocenters. The third-order valence-corrected chi connectivity index (χ3v) is 5.97. The number of ether oxygens (including phenoxy) is 2. The number of unbranched alkanes of at least 4 members (excludes halogenated alkanes) is 1. The Hall–Kier alpha value is -0.940.